The fraction of sp³-hybridized carbons (Fsp3) is 1.00. The van der Waals surface area contributed by atoms with Crippen LogP contribution in [0.15, 0.2) is 0 Å². The Balaban J connectivity index is 5.61. The van der Waals surface area contributed by atoms with Gasteiger partial charge in [-0.15, -0.1) is 0 Å². The number of rotatable bonds is 8. The van der Waals surface area contributed by atoms with Gasteiger partial charge in [0.25, 0.3) is 0 Å². The van der Waals surface area contributed by atoms with E-state index in [0.29, 0.717) is 13.8 Å². The third kappa shape index (κ3) is 4.37. The normalized spacial score (nSPS) is 16.0. The van der Waals surface area contributed by atoms with Gasteiger partial charge in [0.1, 0.15) is 0 Å². The van der Waals surface area contributed by atoms with E-state index in [9.17, 15) is 52.7 Å². The number of ether oxygens (including phenoxy) is 2. The second-order valence-corrected chi connectivity index (χ2v) is 4.93. The minimum Gasteiger partial charge on any atom is -0.248 e. The minimum absolute atomic E-state index is 0.509. The van der Waals surface area contributed by atoms with Crippen molar-refractivity contribution in [2.24, 2.45) is 5.92 Å². The molecule has 24 heavy (non-hydrogen) atoms. The molecule has 0 saturated heterocycles. The first-order valence-corrected chi connectivity index (χ1v) is 5.78. The quantitative estimate of drug-likeness (QED) is 0.521. The van der Waals surface area contributed by atoms with Gasteiger partial charge in [0.15, 0.2) is 0 Å². The van der Waals surface area contributed by atoms with Crippen LogP contribution >= 0.6 is 0 Å². The maximum absolute atomic E-state index is 12.9. The molecule has 14 heteroatoms. The second-order valence-electron chi connectivity index (χ2n) is 4.93. The van der Waals surface area contributed by atoms with E-state index in [1.807, 2.05) is 0 Å². The van der Waals surface area contributed by atoms with E-state index in [1.165, 1.54) is 0 Å². The molecule has 0 N–H and O–H groups in total. The Labute approximate surface area is 126 Å². The molecule has 0 aliphatic heterocycles. The standard InChI is InChI=1S/C10H10F12O2/c1-4(2)6(13,14)23-9(19,20)10(21,22)24-8(17,18)7(15,16)5(3,11)12/h4H,1-3H3. The fourth-order valence-corrected chi connectivity index (χ4v) is 0.888. The second kappa shape index (κ2) is 6.11. The minimum atomic E-state index is -6.85. The zero-order valence-corrected chi connectivity index (χ0v) is 11.9. The summed E-state index contributed by atoms with van der Waals surface area (Å²) < 4.78 is 157. The maximum atomic E-state index is 12.9. The molecule has 0 aromatic rings. The molecule has 0 spiro atoms. The van der Waals surface area contributed by atoms with Crippen LogP contribution in [0.25, 0.3) is 0 Å². The van der Waals surface area contributed by atoms with Gasteiger partial charge in [-0.3, -0.25) is 0 Å². The number of hydrogen-bond donors (Lipinski definition) is 0. The van der Waals surface area contributed by atoms with Gasteiger partial charge in [-0.1, -0.05) is 13.8 Å². The SMILES string of the molecule is CC(C)C(F)(F)OC(F)(F)C(F)(F)OC(F)(F)C(F)(F)C(C)(F)F. The van der Waals surface area contributed by atoms with Gasteiger partial charge >= 0.3 is 36.3 Å². The molecule has 0 atom stereocenters. The van der Waals surface area contributed by atoms with Crippen molar-refractivity contribution in [2.75, 3.05) is 0 Å². The Morgan fingerprint density at radius 2 is 0.917 bits per heavy atom. The van der Waals surface area contributed by atoms with Crippen molar-refractivity contribution in [3.05, 3.63) is 0 Å². The van der Waals surface area contributed by atoms with Crippen molar-refractivity contribution in [3.8, 4) is 0 Å². The summed E-state index contributed by atoms with van der Waals surface area (Å²) >= 11 is 0. The van der Waals surface area contributed by atoms with E-state index >= 15 is 0 Å². The Kier molecular flexibility index (Phi) is 5.87. The fourth-order valence-electron chi connectivity index (χ4n) is 0.888. The third-order valence-corrected chi connectivity index (χ3v) is 2.45. The van der Waals surface area contributed by atoms with Gasteiger partial charge in [-0.25, -0.2) is 9.47 Å². The molecule has 0 aromatic carbocycles. The van der Waals surface area contributed by atoms with Gasteiger partial charge in [0.05, 0.1) is 0 Å². The van der Waals surface area contributed by atoms with Crippen LogP contribution in [-0.2, 0) is 9.47 Å². The molecule has 0 aliphatic carbocycles. The van der Waals surface area contributed by atoms with E-state index in [0.717, 1.165) is 0 Å². The van der Waals surface area contributed by atoms with Crippen LogP contribution < -0.4 is 0 Å². The molecule has 0 aromatic heterocycles. The van der Waals surface area contributed by atoms with Crippen molar-refractivity contribution in [2.45, 2.75) is 57.1 Å². The molecule has 0 amide bonds. The highest BCUT2D eigenvalue weighted by Crippen LogP contribution is 2.51. The van der Waals surface area contributed by atoms with Crippen LogP contribution in [0.5, 0.6) is 0 Å². The molecule has 0 saturated carbocycles. The molecule has 2 nitrogen and oxygen atoms in total. The van der Waals surface area contributed by atoms with Crippen LogP contribution in [0.3, 0.4) is 0 Å². The Hall–Kier alpha value is -0.920. The summed E-state index contributed by atoms with van der Waals surface area (Å²) in [5.41, 5.74) is 0. The van der Waals surface area contributed by atoms with E-state index in [-0.39, 0.29) is 0 Å². The average Bonchev–Trinajstić information content (AvgIpc) is 2.23. The highest BCUT2D eigenvalue weighted by atomic mass is 19.4. The lowest BCUT2D eigenvalue weighted by Crippen LogP contribution is -2.60. The van der Waals surface area contributed by atoms with Gasteiger partial charge in [-0.05, 0) is 0 Å². The zero-order valence-electron chi connectivity index (χ0n) is 11.9. The molecule has 146 valence electrons. The van der Waals surface area contributed by atoms with Gasteiger partial charge in [0.2, 0.25) is 0 Å². The monoisotopic (exact) mass is 390 g/mol. The summed E-state index contributed by atoms with van der Waals surface area (Å²) in [4.78, 5) is 0. The molecule has 0 heterocycles. The topological polar surface area (TPSA) is 18.5 Å². The average molecular weight is 390 g/mol. The van der Waals surface area contributed by atoms with Crippen LogP contribution in [-0.4, -0.2) is 36.3 Å². The van der Waals surface area contributed by atoms with E-state index < -0.39 is 49.1 Å². The Bertz CT molecular complexity index is 440. The van der Waals surface area contributed by atoms with Gasteiger partial charge in [0, 0.05) is 12.8 Å². The predicted molar refractivity (Wildman–Crippen MR) is 52.4 cm³/mol. The molecule has 0 unspecified atom stereocenters. The number of halogens is 12. The molecule has 0 aliphatic rings. The first-order valence-electron chi connectivity index (χ1n) is 5.78. The zero-order chi connectivity index (χ0) is 20.0. The van der Waals surface area contributed by atoms with Crippen LogP contribution in [0.4, 0.5) is 52.7 Å². The van der Waals surface area contributed by atoms with E-state index in [1.54, 1.807) is 4.74 Å². The molecule has 0 bridgehead atoms. The first kappa shape index (κ1) is 23.1. The molecule has 0 fully saturated rings. The number of hydrogen-bond acceptors (Lipinski definition) is 2. The molecule has 0 radical (unpaired) electrons. The smallest absolute Gasteiger partial charge is 0.248 e. The van der Waals surface area contributed by atoms with Crippen molar-refractivity contribution in [3.63, 3.8) is 0 Å². The van der Waals surface area contributed by atoms with Crippen LogP contribution in [0.1, 0.15) is 20.8 Å². The lowest BCUT2D eigenvalue weighted by molar-refractivity contribution is -0.537. The van der Waals surface area contributed by atoms with Crippen LogP contribution in [0.2, 0.25) is 0 Å². The Morgan fingerprint density at radius 3 is 1.21 bits per heavy atom. The van der Waals surface area contributed by atoms with Crippen molar-refractivity contribution in [1.82, 2.24) is 0 Å². The summed E-state index contributed by atoms with van der Waals surface area (Å²) in [6.07, 6.45) is -25.2. The summed E-state index contributed by atoms with van der Waals surface area (Å²) in [6, 6.07) is 0. The van der Waals surface area contributed by atoms with Crippen molar-refractivity contribution in [1.29, 1.82) is 0 Å². The maximum Gasteiger partial charge on any atom is 0.453 e. The third-order valence-electron chi connectivity index (χ3n) is 2.45. The van der Waals surface area contributed by atoms with Crippen molar-refractivity contribution >= 4 is 0 Å². The summed E-state index contributed by atoms with van der Waals surface area (Å²) in [7, 11) is 0. The summed E-state index contributed by atoms with van der Waals surface area (Å²) in [5, 5.41) is 0. The van der Waals surface area contributed by atoms with Crippen molar-refractivity contribution < 1.29 is 62.2 Å². The largest absolute Gasteiger partial charge is 0.453 e. The predicted octanol–water partition coefficient (Wildman–Crippen LogP) is 5.34. The Morgan fingerprint density at radius 1 is 0.583 bits per heavy atom. The van der Waals surface area contributed by atoms with Crippen LogP contribution in [0, 0.1) is 5.92 Å². The molecule has 0 rings (SSSR count). The highest BCUT2D eigenvalue weighted by Gasteiger charge is 2.77. The van der Waals surface area contributed by atoms with Gasteiger partial charge in [-0.2, -0.15) is 52.7 Å². The lowest BCUT2D eigenvalue weighted by atomic mass is 10.2. The van der Waals surface area contributed by atoms with E-state index in [2.05, 4.69) is 4.74 Å². The summed E-state index contributed by atoms with van der Waals surface area (Å²) in [5.74, 6) is -14.5. The lowest BCUT2D eigenvalue weighted by Gasteiger charge is -2.35. The van der Waals surface area contributed by atoms with Gasteiger partial charge < -0.3 is 0 Å². The first-order chi connectivity index (χ1) is 10.1. The summed E-state index contributed by atoms with van der Waals surface area (Å²) in [6.45, 7) is 0.189. The highest BCUT2D eigenvalue weighted by molar-refractivity contribution is 4.90. The molecular weight excluding hydrogens is 380 g/mol. The number of alkyl halides is 12. The van der Waals surface area contributed by atoms with E-state index in [4.69, 9.17) is 0 Å². The molecular formula is C10H10F12O2.